The maximum absolute atomic E-state index is 6.06. The minimum atomic E-state index is 0.582. The van der Waals surface area contributed by atoms with Crippen LogP contribution in [0.4, 0.5) is 5.69 Å². The van der Waals surface area contributed by atoms with Gasteiger partial charge in [-0.25, -0.2) is 0 Å². The van der Waals surface area contributed by atoms with E-state index in [9.17, 15) is 0 Å². The second-order valence-corrected chi connectivity index (χ2v) is 4.26. The van der Waals surface area contributed by atoms with Crippen LogP contribution in [0.2, 0.25) is 5.02 Å². The van der Waals surface area contributed by atoms with Gasteiger partial charge in [0.05, 0.1) is 10.7 Å². The highest BCUT2D eigenvalue weighted by molar-refractivity contribution is 6.33. The molecule has 88 valence electrons. The van der Waals surface area contributed by atoms with Crippen molar-refractivity contribution in [1.82, 2.24) is 0 Å². The third kappa shape index (κ3) is 3.22. The molecule has 2 rings (SSSR count). The first-order chi connectivity index (χ1) is 8.29. The van der Waals surface area contributed by atoms with E-state index in [4.69, 9.17) is 17.3 Å². The Morgan fingerprint density at radius 3 is 2.24 bits per heavy atom. The Morgan fingerprint density at radius 1 is 0.941 bits per heavy atom. The zero-order chi connectivity index (χ0) is 12.1. The van der Waals surface area contributed by atoms with Crippen molar-refractivity contribution in [2.45, 2.75) is 13.1 Å². The van der Waals surface area contributed by atoms with Crippen LogP contribution in [0.3, 0.4) is 0 Å². The molecule has 0 aromatic heterocycles. The first-order valence-corrected chi connectivity index (χ1v) is 5.93. The Labute approximate surface area is 106 Å². The number of nitrogens with one attached hydrogen (secondary N) is 1. The number of anilines is 1. The van der Waals surface area contributed by atoms with Gasteiger partial charge in [0.1, 0.15) is 0 Å². The molecular formula is C14H15ClN2. The molecule has 0 aliphatic carbocycles. The molecule has 17 heavy (non-hydrogen) atoms. The van der Waals surface area contributed by atoms with E-state index in [1.807, 2.05) is 36.4 Å². The van der Waals surface area contributed by atoms with Gasteiger partial charge in [0, 0.05) is 13.1 Å². The molecule has 0 fully saturated rings. The summed E-state index contributed by atoms with van der Waals surface area (Å²) in [4.78, 5) is 0. The van der Waals surface area contributed by atoms with Crippen molar-refractivity contribution in [2.24, 2.45) is 5.73 Å². The topological polar surface area (TPSA) is 38.0 Å². The van der Waals surface area contributed by atoms with Gasteiger partial charge in [0.15, 0.2) is 0 Å². The highest BCUT2D eigenvalue weighted by Crippen LogP contribution is 2.21. The quantitative estimate of drug-likeness (QED) is 0.868. The first kappa shape index (κ1) is 12.0. The highest BCUT2D eigenvalue weighted by Gasteiger charge is 1.98. The zero-order valence-electron chi connectivity index (χ0n) is 9.49. The van der Waals surface area contributed by atoms with Crippen molar-refractivity contribution >= 4 is 17.3 Å². The zero-order valence-corrected chi connectivity index (χ0v) is 10.2. The lowest BCUT2D eigenvalue weighted by Crippen LogP contribution is -2.01. The number of benzene rings is 2. The van der Waals surface area contributed by atoms with E-state index in [2.05, 4.69) is 17.4 Å². The summed E-state index contributed by atoms with van der Waals surface area (Å²) in [5.74, 6) is 0. The van der Waals surface area contributed by atoms with Gasteiger partial charge in [-0.15, -0.1) is 0 Å². The van der Waals surface area contributed by atoms with Crippen molar-refractivity contribution in [3.05, 3.63) is 64.7 Å². The molecule has 3 heteroatoms. The van der Waals surface area contributed by atoms with Gasteiger partial charge in [0.2, 0.25) is 0 Å². The first-order valence-electron chi connectivity index (χ1n) is 5.56. The molecule has 0 aliphatic heterocycles. The molecule has 0 saturated heterocycles. The smallest absolute Gasteiger partial charge is 0.0637 e. The van der Waals surface area contributed by atoms with E-state index in [1.165, 1.54) is 5.56 Å². The van der Waals surface area contributed by atoms with Gasteiger partial charge in [-0.3, -0.25) is 0 Å². The summed E-state index contributed by atoms with van der Waals surface area (Å²) < 4.78 is 0. The normalized spacial score (nSPS) is 10.2. The highest BCUT2D eigenvalue weighted by atomic mass is 35.5. The summed E-state index contributed by atoms with van der Waals surface area (Å²) in [6, 6.07) is 16.0. The minimum absolute atomic E-state index is 0.582. The predicted molar refractivity (Wildman–Crippen MR) is 73.1 cm³/mol. The number of nitrogens with two attached hydrogens (primary N) is 1. The van der Waals surface area contributed by atoms with E-state index < -0.39 is 0 Å². The molecule has 2 aromatic carbocycles. The van der Waals surface area contributed by atoms with Gasteiger partial charge in [0.25, 0.3) is 0 Å². The molecule has 0 unspecified atom stereocenters. The third-order valence-electron chi connectivity index (χ3n) is 2.62. The number of halogens is 1. The standard InChI is InChI=1S/C14H15ClN2/c15-13-3-1-2-4-14(13)17-10-12-7-5-11(9-16)6-8-12/h1-8,17H,9-10,16H2. The SMILES string of the molecule is NCc1ccc(CNc2ccccc2Cl)cc1. The van der Waals surface area contributed by atoms with Crippen LogP contribution >= 0.6 is 11.6 Å². The molecular weight excluding hydrogens is 232 g/mol. The maximum atomic E-state index is 6.06. The Hall–Kier alpha value is -1.51. The number of rotatable bonds is 4. The summed E-state index contributed by atoms with van der Waals surface area (Å²) in [6.07, 6.45) is 0. The average molecular weight is 247 g/mol. The van der Waals surface area contributed by atoms with Gasteiger partial charge in [-0.2, -0.15) is 0 Å². The summed E-state index contributed by atoms with van der Waals surface area (Å²) in [7, 11) is 0. The molecule has 0 saturated carbocycles. The van der Waals surface area contributed by atoms with Crippen molar-refractivity contribution < 1.29 is 0 Å². The molecule has 0 spiro atoms. The van der Waals surface area contributed by atoms with E-state index in [0.717, 1.165) is 22.8 Å². The monoisotopic (exact) mass is 246 g/mol. The number of para-hydroxylation sites is 1. The van der Waals surface area contributed by atoms with Crippen molar-refractivity contribution in [2.75, 3.05) is 5.32 Å². The summed E-state index contributed by atoms with van der Waals surface area (Å²) in [6.45, 7) is 1.34. The largest absolute Gasteiger partial charge is 0.380 e. The lowest BCUT2D eigenvalue weighted by molar-refractivity contribution is 1.06. The summed E-state index contributed by atoms with van der Waals surface area (Å²) in [5.41, 5.74) is 8.86. The molecule has 0 amide bonds. The fourth-order valence-corrected chi connectivity index (χ4v) is 1.80. The fraction of sp³-hybridized carbons (Fsp3) is 0.143. The second kappa shape index (κ2) is 5.71. The Morgan fingerprint density at radius 2 is 1.59 bits per heavy atom. The summed E-state index contributed by atoms with van der Waals surface area (Å²) in [5, 5.41) is 4.05. The Kier molecular flexibility index (Phi) is 4.02. The van der Waals surface area contributed by atoms with Crippen LogP contribution in [0.25, 0.3) is 0 Å². The molecule has 2 aromatic rings. The van der Waals surface area contributed by atoms with Crippen LogP contribution in [-0.2, 0) is 13.1 Å². The van der Waals surface area contributed by atoms with Gasteiger partial charge in [-0.1, -0.05) is 48.0 Å². The molecule has 0 radical (unpaired) electrons. The van der Waals surface area contributed by atoms with Crippen LogP contribution in [0.15, 0.2) is 48.5 Å². The van der Waals surface area contributed by atoms with Crippen LogP contribution in [0.5, 0.6) is 0 Å². The molecule has 0 heterocycles. The third-order valence-corrected chi connectivity index (χ3v) is 2.95. The lowest BCUT2D eigenvalue weighted by atomic mass is 10.1. The van der Waals surface area contributed by atoms with Crippen LogP contribution in [0, 0.1) is 0 Å². The Balaban J connectivity index is 2.00. The van der Waals surface area contributed by atoms with E-state index in [0.29, 0.717) is 6.54 Å². The molecule has 0 atom stereocenters. The molecule has 0 aliphatic rings. The number of hydrogen-bond donors (Lipinski definition) is 2. The minimum Gasteiger partial charge on any atom is -0.380 e. The number of hydrogen-bond acceptors (Lipinski definition) is 2. The molecule has 3 N–H and O–H groups in total. The van der Waals surface area contributed by atoms with E-state index in [-0.39, 0.29) is 0 Å². The van der Waals surface area contributed by atoms with Crippen LogP contribution in [0.1, 0.15) is 11.1 Å². The van der Waals surface area contributed by atoms with Crippen molar-refractivity contribution in [3.8, 4) is 0 Å². The maximum Gasteiger partial charge on any atom is 0.0637 e. The van der Waals surface area contributed by atoms with Gasteiger partial charge >= 0.3 is 0 Å². The predicted octanol–water partition coefficient (Wildman–Crippen LogP) is 3.41. The molecule has 0 bridgehead atoms. The lowest BCUT2D eigenvalue weighted by Gasteiger charge is -2.08. The van der Waals surface area contributed by atoms with E-state index in [1.54, 1.807) is 0 Å². The fourth-order valence-electron chi connectivity index (χ4n) is 1.60. The second-order valence-electron chi connectivity index (χ2n) is 3.85. The van der Waals surface area contributed by atoms with E-state index >= 15 is 0 Å². The van der Waals surface area contributed by atoms with Crippen molar-refractivity contribution in [1.29, 1.82) is 0 Å². The van der Waals surface area contributed by atoms with Crippen molar-refractivity contribution in [3.63, 3.8) is 0 Å². The van der Waals surface area contributed by atoms with Gasteiger partial charge in [-0.05, 0) is 23.3 Å². The van der Waals surface area contributed by atoms with Crippen LogP contribution < -0.4 is 11.1 Å². The Bertz CT molecular complexity index is 480. The van der Waals surface area contributed by atoms with Gasteiger partial charge < -0.3 is 11.1 Å². The summed E-state index contributed by atoms with van der Waals surface area (Å²) >= 11 is 6.06. The average Bonchev–Trinajstić information content (AvgIpc) is 2.38. The molecule has 2 nitrogen and oxygen atoms in total. The van der Waals surface area contributed by atoms with Crippen LogP contribution in [-0.4, -0.2) is 0 Å².